The van der Waals surface area contributed by atoms with Gasteiger partial charge in [0.15, 0.2) is 6.61 Å². The number of nitrogens with one attached hydrogen (secondary N) is 1. The van der Waals surface area contributed by atoms with Crippen LogP contribution in [-0.4, -0.2) is 31.6 Å². The maximum Gasteiger partial charge on any atom is 0.342 e. The van der Waals surface area contributed by atoms with Crippen molar-refractivity contribution in [2.24, 2.45) is 5.92 Å². The van der Waals surface area contributed by atoms with E-state index in [2.05, 4.69) is 19.2 Å². The van der Waals surface area contributed by atoms with Gasteiger partial charge in [0, 0.05) is 6.04 Å². The Morgan fingerprint density at radius 3 is 2.31 bits per heavy atom. The number of benzene rings is 2. The number of fused-ring (bicyclic) bond motifs is 1. The van der Waals surface area contributed by atoms with E-state index in [1.807, 2.05) is 31.2 Å². The SMILES string of the molecule is COc1cc2ccccc2cc1C(=O)OCC(=O)N[C@@H](C)CCC(C)C. The minimum absolute atomic E-state index is 0.0545. The highest BCUT2D eigenvalue weighted by Crippen LogP contribution is 2.26. The summed E-state index contributed by atoms with van der Waals surface area (Å²) in [6.07, 6.45) is 1.94. The molecule has 1 amide bonds. The fourth-order valence-corrected chi connectivity index (χ4v) is 2.73. The van der Waals surface area contributed by atoms with Crippen LogP contribution < -0.4 is 10.1 Å². The van der Waals surface area contributed by atoms with Crippen LogP contribution in [0.3, 0.4) is 0 Å². The molecule has 0 saturated carbocycles. The number of amides is 1. The van der Waals surface area contributed by atoms with Crippen molar-refractivity contribution in [3.8, 4) is 5.75 Å². The van der Waals surface area contributed by atoms with E-state index < -0.39 is 5.97 Å². The van der Waals surface area contributed by atoms with Crippen LogP contribution in [0.15, 0.2) is 36.4 Å². The van der Waals surface area contributed by atoms with Crippen LogP contribution >= 0.6 is 0 Å². The predicted octanol–water partition coefficient (Wildman–Crippen LogP) is 3.95. The fraction of sp³-hybridized carbons (Fsp3) is 0.429. The summed E-state index contributed by atoms with van der Waals surface area (Å²) in [5.74, 6) is 0.152. The van der Waals surface area contributed by atoms with Gasteiger partial charge in [0.2, 0.25) is 0 Å². The van der Waals surface area contributed by atoms with Crippen LogP contribution in [0, 0.1) is 5.92 Å². The first kappa shape index (κ1) is 19.8. The number of hydrogen-bond donors (Lipinski definition) is 1. The molecule has 0 aliphatic heterocycles. The first-order chi connectivity index (χ1) is 12.4. The number of hydrogen-bond acceptors (Lipinski definition) is 4. The molecule has 5 nitrogen and oxygen atoms in total. The number of carbonyl (C=O) groups excluding carboxylic acids is 2. The summed E-state index contributed by atoms with van der Waals surface area (Å²) in [6.45, 7) is 5.94. The Morgan fingerprint density at radius 2 is 1.69 bits per heavy atom. The average molecular weight is 357 g/mol. The molecule has 2 rings (SSSR count). The van der Waals surface area contributed by atoms with Gasteiger partial charge in [-0.05, 0) is 48.6 Å². The summed E-state index contributed by atoms with van der Waals surface area (Å²) < 4.78 is 10.5. The van der Waals surface area contributed by atoms with Crippen LogP contribution in [0.1, 0.15) is 44.0 Å². The van der Waals surface area contributed by atoms with E-state index in [9.17, 15) is 9.59 Å². The van der Waals surface area contributed by atoms with Crippen LogP contribution in [-0.2, 0) is 9.53 Å². The third-order valence-electron chi connectivity index (χ3n) is 4.21. The van der Waals surface area contributed by atoms with Gasteiger partial charge in [0.1, 0.15) is 11.3 Å². The quantitative estimate of drug-likeness (QED) is 0.727. The van der Waals surface area contributed by atoms with E-state index in [0.29, 0.717) is 17.2 Å². The first-order valence-corrected chi connectivity index (χ1v) is 8.94. The molecule has 26 heavy (non-hydrogen) atoms. The second-order valence-corrected chi connectivity index (χ2v) is 6.92. The Hall–Kier alpha value is -2.56. The second-order valence-electron chi connectivity index (χ2n) is 6.92. The largest absolute Gasteiger partial charge is 0.496 e. The van der Waals surface area contributed by atoms with Crippen molar-refractivity contribution in [3.63, 3.8) is 0 Å². The number of esters is 1. The molecule has 0 aromatic heterocycles. The van der Waals surface area contributed by atoms with Crippen molar-refractivity contribution in [1.82, 2.24) is 5.32 Å². The van der Waals surface area contributed by atoms with Gasteiger partial charge in [-0.25, -0.2) is 4.79 Å². The molecule has 0 spiro atoms. The van der Waals surface area contributed by atoms with E-state index in [1.54, 1.807) is 12.1 Å². The minimum Gasteiger partial charge on any atom is -0.496 e. The molecule has 0 saturated heterocycles. The third-order valence-corrected chi connectivity index (χ3v) is 4.21. The molecule has 0 unspecified atom stereocenters. The number of methoxy groups -OCH3 is 1. The van der Waals surface area contributed by atoms with E-state index in [0.717, 1.165) is 23.6 Å². The molecule has 0 aliphatic rings. The van der Waals surface area contributed by atoms with Gasteiger partial charge in [-0.1, -0.05) is 38.1 Å². The van der Waals surface area contributed by atoms with Crippen LogP contribution in [0.5, 0.6) is 5.75 Å². The Labute approximate surface area is 154 Å². The van der Waals surface area contributed by atoms with E-state index >= 15 is 0 Å². The topological polar surface area (TPSA) is 64.6 Å². The third kappa shape index (κ3) is 5.48. The average Bonchev–Trinajstić information content (AvgIpc) is 2.63. The second kappa shape index (κ2) is 9.22. The van der Waals surface area contributed by atoms with Gasteiger partial charge < -0.3 is 14.8 Å². The molecular weight excluding hydrogens is 330 g/mol. The first-order valence-electron chi connectivity index (χ1n) is 8.94. The monoisotopic (exact) mass is 357 g/mol. The summed E-state index contributed by atoms with van der Waals surface area (Å²) in [5, 5.41) is 4.73. The van der Waals surface area contributed by atoms with E-state index in [4.69, 9.17) is 9.47 Å². The van der Waals surface area contributed by atoms with Crippen molar-refractivity contribution < 1.29 is 19.1 Å². The molecule has 1 N–H and O–H groups in total. The molecule has 0 fully saturated rings. The van der Waals surface area contributed by atoms with Gasteiger partial charge in [0.05, 0.1) is 7.11 Å². The molecule has 0 aliphatic carbocycles. The Balaban J connectivity index is 1.97. The summed E-state index contributed by atoms with van der Waals surface area (Å²) in [5.41, 5.74) is 0.312. The number of ether oxygens (including phenoxy) is 2. The van der Waals surface area contributed by atoms with Crippen molar-refractivity contribution >= 4 is 22.6 Å². The van der Waals surface area contributed by atoms with E-state index in [1.165, 1.54) is 7.11 Å². The molecule has 0 bridgehead atoms. The zero-order valence-electron chi connectivity index (χ0n) is 15.9. The molecule has 0 radical (unpaired) electrons. The molecule has 0 heterocycles. The van der Waals surface area contributed by atoms with Gasteiger partial charge in [-0.3, -0.25) is 4.79 Å². The van der Waals surface area contributed by atoms with Crippen LogP contribution in [0.2, 0.25) is 0 Å². The highest BCUT2D eigenvalue weighted by Gasteiger charge is 2.17. The summed E-state index contributed by atoms with van der Waals surface area (Å²) in [4.78, 5) is 24.4. The lowest BCUT2D eigenvalue weighted by atomic mass is 10.0. The molecule has 5 heteroatoms. The summed E-state index contributed by atoms with van der Waals surface area (Å²) in [6, 6.07) is 11.2. The van der Waals surface area contributed by atoms with Crippen molar-refractivity contribution in [2.45, 2.75) is 39.7 Å². The number of carbonyl (C=O) groups is 2. The maximum atomic E-state index is 12.4. The Bertz CT molecular complexity index is 770. The lowest BCUT2D eigenvalue weighted by Crippen LogP contribution is -2.36. The normalized spacial score (nSPS) is 12.0. The van der Waals surface area contributed by atoms with Gasteiger partial charge >= 0.3 is 5.97 Å². The zero-order chi connectivity index (χ0) is 19.1. The molecule has 1 atom stereocenters. The Kier molecular flexibility index (Phi) is 7.01. The summed E-state index contributed by atoms with van der Waals surface area (Å²) >= 11 is 0. The summed E-state index contributed by atoms with van der Waals surface area (Å²) in [7, 11) is 1.50. The lowest BCUT2D eigenvalue weighted by molar-refractivity contribution is -0.124. The predicted molar refractivity (Wildman–Crippen MR) is 102 cm³/mol. The molecule has 140 valence electrons. The van der Waals surface area contributed by atoms with Crippen molar-refractivity contribution in [1.29, 1.82) is 0 Å². The smallest absolute Gasteiger partial charge is 0.342 e. The number of rotatable bonds is 8. The van der Waals surface area contributed by atoms with E-state index in [-0.39, 0.29) is 18.6 Å². The highest BCUT2D eigenvalue weighted by molar-refractivity contribution is 5.99. The Morgan fingerprint density at radius 1 is 1.04 bits per heavy atom. The van der Waals surface area contributed by atoms with Gasteiger partial charge in [0.25, 0.3) is 5.91 Å². The highest BCUT2D eigenvalue weighted by atomic mass is 16.5. The standard InChI is InChI=1S/C21H27NO4/c1-14(2)9-10-15(3)22-20(23)13-26-21(24)18-11-16-7-5-6-8-17(16)12-19(18)25-4/h5-8,11-12,14-15H,9-10,13H2,1-4H3,(H,22,23)/t15-/m0/s1. The molecule has 2 aromatic rings. The lowest BCUT2D eigenvalue weighted by Gasteiger charge is -2.15. The van der Waals surface area contributed by atoms with Gasteiger partial charge in [-0.15, -0.1) is 0 Å². The van der Waals surface area contributed by atoms with Crippen LogP contribution in [0.25, 0.3) is 10.8 Å². The molecular formula is C21H27NO4. The van der Waals surface area contributed by atoms with Crippen LogP contribution in [0.4, 0.5) is 0 Å². The van der Waals surface area contributed by atoms with Crippen molar-refractivity contribution in [2.75, 3.05) is 13.7 Å². The maximum absolute atomic E-state index is 12.4. The zero-order valence-corrected chi connectivity index (χ0v) is 15.9. The van der Waals surface area contributed by atoms with Gasteiger partial charge in [-0.2, -0.15) is 0 Å². The molecule has 2 aromatic carbocycles. The van der Waals surface area contributed by atoms with Crippen molar-refractivity contribution in [3.05, 3.63) is 42.0 Å². The minimum atomic E-state index is -0.572. The fourth-order valence-electron chi connectivity index (χ4n) is 2.73.